The van der Waals surface area contributed by atoms with Gasteiger partial charge in [-0.15, -0.1) is 0 Å². The van der Waals surface area contributed by atoms with Crippen molar-refractivity contribution < 1.29 is 4.74 Å². The number of fused-ring (bicyclic) bond motifs is 1. The zero-order valence-corrected chi connectivity index (χ0v) is 15.9. The monoisotopic (exact) mass is 377 g/mol. The van der Waals surface area contributed by atoms with Gasteiger partial charge in [0, 0.05) is 42.2 Å². The van der Waals surface area contributed by atoms with Gasteiger partial charge in [0.25, 0.3) is 0 Å². The summed E-state index contributed by atoms with van der Waals surface area (Å²) in [5.41, 5.74) is 3.45. The minimum absolute atomic E-state index is 0.151. The maximum absolute atomic E-state index is 5.97. The first kappa shape index (κ1) is 17.2. The molecule has 144 valence electrons. The lowest BCUT2D eigenvalue weighted by atomic mass is 10.1. The Morgan fingerprint density at radius 1 is 1.18 bits per heavy atom. The van der Waals surface area contributed by atoms with Crippen molar-refractivity contribution in [2.75, 3.05) is 24.6 Å². The number of nitrogens with zero attached hydrogens (tertiary/aromatic N) is 6. The maximum Gasteiger partial charge on any atom is 0.181 e. The molecule has 28 heavy (non-hydrogen) atoms. The van der Waals surface area contributed by atoms with Crippen LogP contribution in [0.5, 0.6) is 0 Å². The number of ether oxygens (including phenoxy) is 1. The molecule has 1 unspecified atom stereocenters. The molecule has 1 N–H and O–H groups in total. The van der Waals surface area contributed by atoms with Gasteiger partial charge in [-0.2, -0.15) is 5.10 Å². The summed E-state index contributed by atoms with van der Waals surface area (Å²) < 4.78 is 5.97. The van der Waals surface area contributed by atoms with Crippen molar-refractivity contribution in [3.05, 3.63) is 47.4 Å². The second-order valence-corrected chi connectivity index (χ2v) is 7.18. The summed E-state index contributed by atoms with van der Waals surface area (Å²) in [4.78, 5) is 20.8. The van der Waals surface area contributed by atoms with Gasteiger partial charge in [0.1, 0.15) is 17.7 Å². The zero-order valence-electron chi connectivity index (χ0n) is 15.9. The number of hydrogen-bond acceptors (Lipinski definition) is 7. The molecule has 2 aliphatic rings. The molecule has 1 saturated heterocycles. The normalized spacial score (nSPS) is 19.0. The average molecular weight is 377 g/mol. The van der Waals surface area contributed by atoms with Crippen molar-refractivity contribution >= 4 is 5.82 Å². The summed E-state index contributed by atoms with van der Waals surface area (Å²) in [6, 6.07) is 3.92. The fraction of sp³-hybridized carbons (Fsp3) is 0.450. The molecule has 4 heterocycles. The van der Waals surface area contributed by atoms with Crippen LogP contribution >= 0.6 is 0 Å². The third-order valence-electron chi connectivity index (χ3n) is 5.39. The molecule has 0 amide bonds. The first-order valence-electron chi connectivity index (χ1n) is 9.89. The fourth-order valence-electron chi connectivity index (χ4n) is 3.91. The van der Waals surface area contributed by atoms with Crippen molar-refractivity contribution in [1.82, 2.24) is 30.1 Å². The van der Waals surface area contributed by atoms with E-state index in [0.29, 0.717) is 13.2 Å². The number of aryl methyl sites for hydroxylation is 2. The SMILES string of the molecule is CCc1nc(C2CN(c3nc(-c4ccncc4)nc4c3CCC4)CCO2)n[nH]1. The smallest absolute Gasteiger partial charge is 0.181 e. The Balaban J connectivity index is 1.49. The molecule has 1 atom stereocenters. The molecule has 8 nitrogen and oxygen atoms in total. The number of aromatic nitrogens is 6. The number of anilines is 1. The first-order chi connectivity index (χ1) is 13.8. The molecule has 1 aliphatic heterocycles. The Kier molecular flexibility index (Phi) is 4.48. The molecule has 1 aliphatic carbocycles. The van der Waals surface area contributed by atoms with Crippen LogP contribution < -0.4 is 4.90 Å². The highest BCUT2D eigenvalue weighted by atomic mass is 16.5. The summed E-state index contributed by atoms with van der Waals surface area (Å²) in [5, 5.41) is 7.34. The Hall–Kier alpha value is -2.87. The van der Waals surface area contributed by atoms with Gasteiger partial charge in [0.2, 0.25) is 0 Å². The largest absolute Gasteiger partial charge is 0.366 e. The van der Waals surface area contributed by atoms with Gasteiger partial charge in [-0.05, 0) is 31.4 Å². The van der Waals surface area contributed by atoms with E-state index in [4.69, 9.17) is 14.7 Å². The van der Waals surface area contributed by atoms with Gasteiger partial charge in [0.15, 0.2) is 11.6 Å². The summed E-state index contributed by atoms with van der Waals surface area (Å²) >= 11 is 0. The summed E-state index contributed by atoms with van der Waals surface area (Å²) in [7, 11) is 0. The predicted octanol–water partition coefficient (Wildman–Crippen LogP) is 2.29. The number of nitrogens with one attached hydrogen (secondary N) is 1. The van der Waals surface area contributed by atoms with E-state index in [0.717, 1.165) is 61.1 Å². The number of H-pyrrole nitrogens is 1. The second kappa shape index (κ2) is 7.27. The summed E-state index contributed by atoms with van der Waals surface area (Å²) in [6.45, 7) is 4.19. The minimum atomic E-state index is -0.151. The van der Waals surface area contributed by atoms with Crippen LogP contribution in [-0.2, 0) is 24.0 Å². The molecular formula is C20H23N7O. The second-order valence-electron chi connectivity index (χ2n) is 7.18. The quantitative estimate of drug-likeness (QED) is 0.745. The fourth-order valence-corrected chi connectivity index (χ4v) is 3.91. The molecule has 5 rings (SSSR count). The average Bonchev–Trinajstić information content (AvgIpc) is 3.43. The molecule has 0 aromatic carbocycles. The maximum atomic E-state index is 5.97. The Labute approximate surface area is 163 Å². The lowest BCUT2D eigenvalue weighted by molar-refractivity contribution is 0.0339. The van der Waals surface area contributed by atoms with Gasteiger partial charge in [0.05, 0.1) is 13.2 Å². The van der Waals surface area contributed by atoms with E-state index in [1.807, 2.05) is 12.1 Å². The molecule has 8 heteroatoms. The standard InChI is InChI=1S/C20H23N7O/c1-2-17-23-19(26-25-17)16-12-27(10-11-28-16)20-14-4-3-5-15(14)22-18(24-20)13-6-8-21-9-7-13/h6-9,16H,2-5,10-12H2,1H3,(H,23,25,26). The number of morpholine rings is 1. The molecule has 3 aromatic heterocycles. The van der Waals surface area contributed by atoms with Crippen molar-refractivity contribution in [3.63, 3.8) is 0 Å². The molecule has 0 spiro atoms. The molecule has 0 bridgehead atoms. The van der Waals surface area contributed by atoms with Crippen LogP contribution in [-0.4, -0.2) is 49.8 Å². The third kappa shape index (κ3) is 3.13. The molecule has 3 aromatic rings. The van der Waals surface area contributed by atoms with Gasteiger partial charge in [-0.25, -0.2) is 15.0 Å². The molecule has 1 fully saturated rings. The third-order valence-corrected chi connectivity index (χ3v) is 5.39. The lowest BCUT2D eigenvalue weighted by Gasteiger charge is -2.33. The van der Waals surface area contributed by atoms with Crippen LogP contribution in [0, 0.1) is 0 Å². The number of pyridine rings is 1. The lowest BCUT2D eigenvalue weighted by Crippen LogP contribution is -2.40. The van der Waals surface area contributed by atoms with Crippen LogP contribution in [0.3, 0.4) is 0 Å². The van der Waals surface area contributed by atoms with E-state index in [1.165, 1.54) is 11.3 Å². The van der Waals surface area contributed by atoms with Crippen LogP contribution in [0.15, 0.2) is 24.5 Å². The number of rotatable bonds is 4. The topological polar surface area (TPSA) is 92.7 Å². The van der Waals surface area contributed by atoms with Gasteiger partial charge in [-0.3, -0.25) is 10.1 Å². The van der Waals surface area contributed by atoms with E-state index < -0.39 is 0 Å². The summed E-state index contributed by atoms with van der Waals surface area (Å²) in [5.74, 6) is 3.42. The van der Waals surface area contributed by atoms with Gasteiger partial charge >= 0.3 is 0 Å². The Bertz CT molecular complexity index is 972. The van der Waals surface area contributed by atoms with Crippen LogP contribution in [0.25, 0.3) is 11.4 Å². The van der Waals surface area contributed by atoms with E-state index in [2.05, 4.69) is 32.0 Å². The van der Waals surface area contributed by atoms with Crippen molar-refractivity contribution in [2.45, 2.75) is 38.7 Å². The van der Waals surface area contributed by atoms with Gasteiger partial charge < -0.3 is 9.64 Å². The molecule has 0 radical (unpaired) electrons. The van der Waals surface area contributed by atoms with Crippen LogP contribution in [0.4, 0.5) is 5.82 Å². The van der Waals surface area contributed by atoms with E-state index in [9.17, 15) is 0 Å². The van der Waals surface area contributed by atoms with E-state index in [-0.39, 0.29) is 6.10 Å². The van der Waals surface area contributed by atoms with Crippen molar-refractivity contribution in [2.24, 2.45) is 0 Å². The highest BCUT2D eigenvalue weighted by molar-refractivity contribution is 5.61. The Morgan fingerprint density at radius 2 is 2.07 bits per heavy atom. The molecule has 0 saturated carbocycles. The minimum Gasteiger partial charge on any atom is -0.366 e. The van der Waals surface area contributed by atoms with Crippen molar-refractivity contribution in [1.29, 1.82) is 0 Å². The highest BCUT2D eigenvalue weighted by Gasteiger charge is 2.30. The van der Waals surface area contributed by atoms with Crippen LogP contribution in [0.1, 0.15) is 42.4 Å². The highest BCUT2D eigenvalue weighted by Crippen LogP contribution is 2.33. The Morgan fingerprint density at radius 3 is 2.89 bits per heavy atom. The van der Waals surface area contributed by atoms with Crippen LogP contribution in [0.2, 0.25) is 0 Å². The summed E-state index contributed by atoms with van der Waals surface area (Å²) in [6.07, 6.45) is 7.42. The first-order valence-corrected chi connectivity index (χ1v) is 9.89. The predicted molar refractivity (Wildman–Crippen MR) is 104 cm³/mol. The number of hydrogen-bond donors (Lipinski definition) is 1. The number of aromatic amines is 1. The van der Waals surface area contributed by atoms with E-state index >= 15 is 0 Å². The zero-order chi connectivity index (χ0) is 18.9. The van der Waals surface area contributed by atoms with E-state index in [1.54, 1.807) is 12.4 Å². The molecular weight excluding hydrogens is 354 g/mol. The van der Waals surface area contributed by atoms with Crippen molar-refractivity contribution in [3.8, 4) is 11.4 Å². The van der Waals surface area contributed by atoms with Gasteiger partial charge in [-0.1, -0.05) is 6.92 Å².